The van der Waals surface area contributed by atoms with Crippen molar-refractivity contribution in [2.45, 2.75) is 51.6 Å². The third-order valence-electron chi connectivity index (χ3n) is 3.40. The van der Waals surface area contributed by atoms with Crippen molar-refractivity contribution < 1.29 is 24.2 Å². The summed E-state index contributed by atoms with van der Waals surface area (Å²) < 4.78 is 10.7. The fraction of sp³-hybridized carbons (Fsp3) is 0.455. The Labute approximate surface area is 162 Å². The summed E-state index contributed by atoms with van der Waals surface area (Å²) in [6.07, 6.45) is 21.2. The first kappa shape index (κ1) is 24.6. The molecule has 5 nitrogen and oxygen atoms in total. The summed E-state index contributed by atoms with van der Waals surface area (Å²) in [4.78, 5) is 21.9. The first-order valence-electron chi connectivity index (χ1n) is 9.38. The Morgan fingerprint density at radius 2 is 1.81 bits per heavy atom. The molecule has 0 aromatic heterocycles. The standard InChI is InChI=1S/C22H32O5/c1-3-5-7-9-11-13-15-20(19-27-22(25)17-16-21(23)24)26-18-14-12-10-8-6-4-2/h4,9,11-17,20H,2-3,5-8,10,18-19H2,1H3,(H,23,24). The molecule has 0 bridgehead atoms. The fourth-order valence-electron chi connectivity index (χ4n) is 1.94. The molecule has 0 saturated heterocycles. The Balaban J connectivity index is 4.44. The van der Waals surface area contributed by atoms with E-state index in [2.05, 4.69) is 25.7 Å². The van der Waals surface area contributed by atoms with Crippen molar-refractivity contribution in [2.24, 2.45) is 0 Å². The van der Waals surface area contributed by atoms with Crippen molar-refractivity contribution in [1.82, 2.24) is 0 Å². The zero-order valence-electron chi connectivity index (χ0n) is 16.2. The molecule has 0 aliphatic rings. The maximum atomic E-state index is 11.5. The molecule has 0 amide bonds. The first-order valence-corrected chi connectivity index (χ1v) is 9.38. The number of carboxylic acids is 1. The largest absolute Gasteiger partial charge is 0.478 e. The van der Waals surface area contributed by atoms with Gasteiger partial charge in [0.05, 0.1) is 6.61 Å². The molecule has 0 aliphatic heterocycles. The van der Waals surface area contributed by atoms with Crippen LogP contribution in [0.5, 0.6) is 0 Å². The lowest BCUT2D eigenvalue weighted by molar-refractivity contribution is -0.141. The minimum Gasteiger partial charge on any atom is -0.478 e. The highest BCUT2D eigenvalue weighted by molar-refractivity contribution is 5.90. The van der Waals surface area contributed by atoms with E-state index in [0.717, 1.165) is 50.7 Å². The predicted molar refractivity (Wildman–Crippen MR) is 108 cm³/mol. The van der Waals surface area contributed by atoms with Crippen molar-refractivity contribution in [3.05, 3.63) is 61.3 Å². The summed E-state index contributed by atoms with van der Waals surface area (Å²) >= 11 is 0. The predicted octanol–water partition coefficient (Wildman–Crippen LogP) is 4.77. The van der Waals surface area contributed by atoms with Gasteiger partial charge in [0, 0.05) is 12.2 Å². The van der Waals surface area contributed by atoms with E-state index in [1.807, 2.05) is 30.4 Å². The molecule has 0 fully saturated rings. The van der Waals surface area contributed by atoms with Crippen LogP contribution < -0.4 is 0 Å². The molecule has 0 aliphatic carbocycles. The summed E-state index contributed by atoms with van der Waals surface area (Å²) in [5.41, 5.74) is 0. The molecule has 27 heavy (non-hydrogen) atoms. The zero-order valence-corrected chi connectivity index (χ0v) is 16.2. The van der Waals surface area contributed by atoms with Gasteiger partial charge >= 0.3 is 11.9 Å². The number of unbranched alkanes of at least 4 members (excludes halogenated alkanes) is 4. The Kier molecular flexibility index (Phi) is 16.8. The van der Waals surface area contributed by atoms with E-state index < -0.39 is 18.0 Å². The van der Waals surface area contributed by atoms with Crippen LogP contribution in [0.4, 0.5) is 0 Å². The number of carboxylic acid groups (broad SMARTS) is 1. The molecule has 0 radical (unpaired) electrons. The van der Waals surface area contributed by atoms with Crippen molar-refractivity contribution in [2.75, 3.05) is 13.2 Å². The molecular formula is C22H32O5. The van der Waals surface area contributed by atoms with Gasteiger partial charge in [0.15, 0.2) is 0 Å². The summed E-state index contributed by atoms with van der Waals surface area (Å²) in [6, 6.07) is 0. The van der Waals surface area contributed by atoms with Gasteiger partial charge in [-0.2, -0.15) is 0 Å². The van der Waals surface area contributed by atoms with Crippen molar-refractivity contribution in [3.63, 3.8) is 0 Å². The van der Waals surface area contributed by atoms with E-state index in [-0.39, 0.29) is 6.61 Å². The quantitative estimate of drug-likeness (QED) is 0.138. The van der Waals surface area contributed by atoms with E-state index >= 15 is 0 Å². The minimum absolute atomic E-state index is 0.0202. The Morgan fingerprint density at radius 3 is 2.52 bits per heavy atom. The number of ether oxygens (including phenoxy) is 2. The monoisotopic (exact) mass is 376 g/mol. The van der Waals surface area contributed by atoms with E-state index in [0.29, 0.717) is 6.61 Å². The van der Waals surface area contributed by atoms with Crippen molar-refractivity contribution >= 4 is 11.9 Å². The second-order valence-corrected chi connectivity index (χ2v) is 5.82. The molecule has 1 unspecified atom stereocenters. The van der Waals surface area contributed by atoms with Gasteiger partial charge in [-0.3, -0.25) is 0 Å². The van der Waals surface area contributed by atoms with Crippen LogP contribution in [0.25, 0.3) is 0 Å². The topological polar surface area (TPSA) is 72.8 Å². The highest BCUT2D eigenvalue weighted by Crippen LogP contribution is 2.01. The summed E-state index contributed by atoms with van der Waals surface area (Å²) in [5.74, 6) is -1.91. The maximum Gasteiger partial charge on any atom is 0.331 e. The third kappa shape index (κ3) is 18.2. The fourth-order valence-corrected chi connectivity index (χ4v) is 1.94. The van der Waals surface area contributed by atoms with Crippen LogP contribution in [0.3, 0.4) is 0 Å². The number of allylic oxidation sites excluding steroid dienone is 5. The molecule has 1 N–H and O–H groups in total. The molecule has 150 valence electrons. The third-order valence-corrected chi connectivity index (χ3v) is 3.40. The van der Waals surface area contributed by atoms with Crippen molar-refractivity contribution in [3.8, 4) is 0 Å². The summed E-state index contributed by atoms with van der Waals surface area (Å²) in [7, 11) is 0. The molecule has 0 heterocycles. The van der Waals surface area contributed by atoms with E-state index in [1.165, 1.54) is 0 Å². The van der Waals surface area contributed by atoms with Crippen LogP contribution in [0.1, 0.15) is 45.4 Å². The average molecular weight is 376 g/mol. The number of rotatable bonds is 16. The normalized spacial score (nSPS) is 13.1. The van der Waals surface area contributed by atoms with Gasteiger partial charge in [0.25, 0.3) is 0 Å². The zero-order chi connectivity index (χ0) is 20.2. The van der Waals surface area contributed by atoms with Crippen LogP contribution in [-0.4, -0.2) is 36.4 Å². The Hall–Kier alpha value is -2.40. The van der Waals surface area contributed by atoms with Crippen LogP contribution >= 0.6 is 0 Å². The van der Waals surface area contributed by atoms with Gasteiger partial charge in [-0.05, 0) is 25.7 Å². The lowest BCUT2D eigenvalue weighted by atomic mass is 10.2. The smallest absolute Gasteiger partial charge is 0.331 e. The van der Waals surface area contributed by atoms with Gasteiger partial charge in [0.1, 0.15) is 12.7 Å². The molecule has 0 rings (SSSR count). The lowest BCUT2D eigenvalue weighted by Crippen LogP contribution is -2.19. The molecule has 0 aromatic rings. The van der Waals surface area contributed by atoms with Gasteiger partial charge in [0.2, 0.25) is 0 Å². The SMILES string of the molecule is C=CCCCC=CCOC(C=CC=CCCCC)COC(=O)C=CC(=O)O. The van der Waals surface area contributed by atoms with Gasteiger partial charge in [-0.1, -0.05) is 62.3 Å². The minimum atomic E-state index is -1.20. The number of esters is 1. The summed E-state index contributed by atoms with van der Waals surface area (Å²) in [5, 5.41) is 8.51. The van der Waals surface area contributed by atoms with E-state index in [9.17, 15) is 9.59 Å². The summed E-state index contributed by atoms with van der Waals surface area (Å²) in [6.45, 7) is 6.26. The highest BCUT2D eigenvalue weighted by atomic mass is 16.6. The lowest BCUT2D eigenvalue weighted by Gasteiger charge is -2.12. The molecule has 1 atom stereocenters. The average Bonchev–Trinajstić information content (AvgIpc) is 2.65. The number of carbonyl (C=O) groups is 2. The van der Waals surface area contributed by atoms with Crippen LogP contribution in [0.15, 0.2) is 61.3 Å². The van der Waals surface area contributed by atoms with Crippen LogP contribution in [0, 0.1) is 0 Å². The molecule has 0 saturated carbocycles. The second kappa shape index (κ2) is 18.4. The number of hydrogen-bond donors (Lipinski definition) is 1. The van der Waals surface area contributed by atoms with E-state index in [4.69, 9.17) is 14.6 Å². The number of carbonyl (C=O) groups excluding carboxylic acids is 1. The maximum absolute atomic E-state index is 11.5. The number of hydrogen-bond acceptors (Lipinski definition) is 4. The molecule has 0 aromatic carbocycles. The Morgan fingerprint density at radius 1 is 1.04 bits per heavy atom. The highest BCUT2D eigenvalue weighted by Gasteiger charge is 2.07. The first-order chi connectivity index (χ1) is 13.1. The molecule has 0 spiro atoms. The second-order valence-electron chi connectivity index (χ2n) is 5.82. The van der Waals surface area contributed by atoms with Gasteiger partial charge in [-0.15, -0.1) is 6.58 Å². The van der Waals surface area contributed by atoms with Crippen LogP contribution in [0.2, 0.25) is 0 Å². The number of aliphatic carboxylic acids is 1. The molecular weight excluding hydrogens is 344 g/mol. The molecule has 5 heteroatoms. The Bertz CT molecular complexity index is 529. The van der Waals surface area contributed by atoms with Crippen molar-refractivity contribution in [1.29, 1.82) is 0 Å². The van der Waals surface area contributed by atoms with Gasteiger partial charge in [-0.25, -0.2) is 9.59 Å². The van der Waals surface area contributed by atoms with Crippen LogP contribution in [-0.2, 0) is 19.1 Å². The van der Waals surface area contributed by atoms with Gasteiger partial charge < -0.3 is 14.6 Å². The van der Waals surface area contributed by atoms with E-state index in [1.54, 1.807) is 0 Å².